The molecule has 1 unspecified atom stereocenters. The minimum atomic E-state index is 0.00874. The summed E-state index contributed by atoms with van der Waals surface area (Å²) >= 11 is 0. The van der Waals surface area contributed by atoms with Crippen molar-refractivity contribution in [1.82, 2.24) is 9.88 Å². The van der Waals surface area contributed by atoms with Crippen molar-refractivity contribution in [2.45, 2.75) is 20.0 Å². The zero-order valence-electron chi connectivity index (χ0n) is 11.2. The summed E-state index contributed by atoms with van der Waals surface area (Å²) in [6.07, 6.45) is 0.00874. The SMILES string of the molecule is Cc1cc(/C(N)=N/O)cc(OC(C)CN(C)C)n1. The molecule has 0 aliphatic carbocycles. The molecule has 0 bridgehead atoms. The highest BCUT2D eigenvalue weighted by Crippen LogP contribution is 2.14. The van der Waals surface area contributed by atoms with Crippen LogP contribution in [0.15, 0.2) is 17.3 Å². The first-order valence-corrected chi connectivity index (χ1v) is 5.70. The molecular formula is C12H20N4O2. The Labute approximate surface area is 107 Å². The second-order valence-corrected chi connectivity index (χ2v) is 4.51. The van der Waals surface area contributed by atoms with Gasteiger partial charge in [-0.2, -0.15) is 0 Å². The van der Waals surface area contributed by atoms with Crippen LogP contribution in [0.2, 0.25) is 0 Å². The molecule has 3 N–H and O–H groups in total. The molecule has 6 heteroatoms. The molecule has 0 aromatic carbocycles. The van der Waals surface area contributed by atoms with Crippen LogP contribution in [-0.2, 0) is 0 Å². The second kappa shape index (κ2) is 6.20. The number of nitrogens with zero attached hydrogens (tertiary/aromatic N) is 3. The van der Waals surface area contributed by atoms with Gasteiger partial charge in [0.2, 0.25) is 5.88 Å². The molecule has 0 spiro atoms. The van der Waals surface area contributed by atoms with Gasteiger partial charge in [-0.25, -0.2) is 4.98 Å². The van der Waals surface area contributed by atoms with Crippen molar-refractivity contribution in [1.29, 1.82) is 0 Å². The summed E-state index contributed by atoms with van der Waals surface area (Å²) in [5.74, 6) is 0.525. The zero-order chi connectivity index (χ0) is 13.7. The van der Waals surface area contributed by atoms with Crippen molar-refractivity contribution in [3.8, 4) is 5.88 Å². The van der Waals surface area contributed by atoms with Crippen molar-refractivity contribution in [2.24, 2.45) is 10.9 Å². The Bertz CT molecular complexity index is 432. The summed E-state index contributed by atoms with van der Waals surface area (Å²) in [4.78, 5) is 6.30. The molecule has 1 rings (SSSR count). The molecule has 1 aromatic rings. The van der Waals surface area contributed by atoms with Crippen LogP contribution in [0.1, 0.15) is 18.2 Å². The van der Waals surface area contributed by atoms with E-state index >= 15 is 0 Å². The second-order valence-electron chi connectivity index (χ2n) is 4.51. The Hall–Kier alpha value is -1.82. The van der Waals surface area contributed by atoms with Gasteiger partial charge in [-0.05, 0) is 34.0 Å². The molecule has 0 radical (unpaired) electrons. The molecule has 0 aliphatic heterocycles. The lowest BCUT2D eigenvalue weighted by molar-refractivity contribution is 0.170. The van der Waals surface area contributed by atoms with E-state index in [1.54, 1.807) is 12.1 Å². The topological polar surface area (TPSA) is 84.0 Å². The van der Waals surface area contributed by atoms with Gasteiger partial charge in [0.05, 0.1) is 0 Å². The third-order valence-corrected chi connectivity index (χ3v) is 2.28. The van der Waals surface area contributed by atoms with Gasteiger partial charge in [-0.1, -0.05) is 5.16 Å². The first-order chi connectivity index (χ1) is 8.42. The fraction of sp³-hybridized carbons (Fsp3) is 0.500. The van der Waals surface area contributed by atoms with E-state index in [0.717, 1.165) is 12.2 Å². The van der Waals surface area contributed by atoms with Crippen molar-refractivity contribution in [3.63, 3.8) is 0 Å². The zero-order valence-corrected chi connectivity index (χ0v) is 11.2. The number of amidine groups is 1. The number of aryl methyl sites for hydroxylation is 1. The Morgan fingerprint density at radius 3 is 2.78 bits per heavy atom. The highest BCUT2D eigenvalue weighted by atomic mass is 16.5. The molecule has 0 amide bonds. The summed E-state index contributed by atoms with van der Waals surface area (Å²) in [5, 5.41) is 11.6. The summed E-state index contributed by atoms with van der Waals surface area (Å²) in [6.45, 7) is 4.58. The van der Waals surface area contributed by atoms with Crippen molar-refractivity contribution in [2.75, 3.05) is 20.6 Å². The Morgan fingerprint density at radius 2 is 2.22 bits per heavy atom. The number of nitrogens with two attached hydrogens (primary N) is 1. The number of hydrogen-bond acceptors (Lipinski definition) is 5. The number of likely N-dealkylation sites (N-methyl/N-ethyl adjacent to an activating group) is 1. The van der Waals surface area contributed by atoms with Gasteiger partial charge in [-0.3, -0.25) is 0 Å². The highest BCUT2D eigenvalue weighted by Gasteiger charge is 2.09. The van der Waals surface area contributed by atoms with Gasteiger partial charge in [0, 0.05) is 23.9 Å². The van der Waals surface area contributed by atoms with E-state index < -0.39 is 0 Å². The monoisotopic (exact) mass is 252 g/mol. The number of oxime groups is 1. The maximum atomic E-state index is 8.67. The van der Waals surface area contributed by atoms with Crippen LogP contribution in [0.5, 0.6) is 5.88 Å². The van der Waals surface area contributed by atoms with Crippen LogP contribution >= 0.6 is 0 Å². The van der Waals surface area contributed by atoms with E-state index in [1.165, 1.54) is 0 Å². The number of ether oxygens (including phenoxy) is 1. The Morgan fingerprint density at radius 1 is 1.56 bits per heavy atom. The minimum absolute atomic E-state index is 0.00874. The van der Waals surface area contributed by atoms with Crippen molar-refractivity contribution in [3.05, 3.63) is 23.4 Å². The average Bonchev–Trinajstić information content (AvgIpc) is 2.25. The number of hydrogen-bond donors (Lipinski definition) is 2. The van der Waals surface area contributed by atoms with Crippen LogP contribution < -0.4 is 10.5 Å². The fourth-order valence-electron chi connectivity index (χ4n) is 1.66. The maximum absolute atomic E-state index is 8.67. The van der Waals surface area contributed by atoms with Gasteiger partial charge < -0.3 is 20.6 Å². The first-order valence-electron chi connectivity index (χ1n) is 5.70. The average molecular weight is 252 g/mol. The smallest absolute Gasteiger partial charge is 0.214 e. The van der Waals surface area contributed by atoms with Crippen LogP contribution in [-0.4, -0.2) is 47.7 Å². The van der Waals surface area contributed by atoms with E-state index in [2.05, 4.69) is 10.1 Å². The molecule has 1 atom stereocenters. The Balaban J connectivity index is 2.86. The molecule has 0 saturated heterocycles. The van der Waals surface area contributed by atoms with Crippen LogP contribution in [0.25, 0.3) is 0 Å². The fourth-order valence-corrected chi connectivity index (χ4v) is 1.66. The molecule has 0 fully saturated rings. The number of pyridine rings is 1. The van der Waals surface area contributed by atoms with Gasteiger partial charge in [0.15, 0.2) is 5.84 Å². The molecule has 1 heterocycles. The summed E-state index contributed by atoms with van der Waals surface area (Å²) in [7, 11) is 3.96. The summed E-state index contributed by atoms with van der Waals surface area (Å²) in [5.41, 5.74) is 6.90. The van der Waals surface area contributed by atoms with E-state index in [1.807, 2.05) is 32.8 Å². The summed E-state index contributed by atoms with van der Waals surface area (Å²) < 4.78 is 5.70. The van der Waals surface area contributed by atoms with E-state index in [4.69, 9.17) is 15.7 Å². The standard InChI is InChI=1S/C12H20N4O2/c1-8-5-10(12(13)15-17)6-11(14-8)18-9(2)7-16(3)4/h5-6,9,17H,7H2,1-4H3,(H2,13,15). The normalized spacial score (nSPS) is 13.7. The molecular weight excluding hydrogens is 232 g/mol. The van der Waals surface area contributed by atoms with Crippen molar-refractivity contribution < 1.29 is 9.94 Å². The number of aromatic nitrogens is 1. The molecule has 18 heavy (non-hydrogen) atoms. The molecule has 0 saturated carbocycles. The van der Waals surface area contributed by atoms with Crippen LogP contribution in [0.4, 0.5) is 0 Å². The molecule has 1 aromatic heterocycles. The molecule has 6 nitrogen and oxygen atoms in total. The predicted molar refractivity (Wildman–Crippen MR) is 70.1 cm³/mol. The maximum Gasteiger partial charge on any atom is 0.214 e. The molecule has 0 aliphatic rings. The Kier molecular flexibility index (Phi) is 4.91. The van der Waals surface area contributed by atoms with Gasteiger partial charge in [-0.15, -0.1) is 0 Å². The lowest BCUT2D eigenvalue weighted by atomic mass is 10.2. The quantitative estimate of drug-likeness (QED) is 0.351. The third kappa shape index (κ3) is 4.21. The predicted octanol–water partition coefficient (Wildman–Crippen LogP) is 0.813. The van der Waals surface area contributed by atoms with Crippen LogP contribution in [0, 0.1) is 6.92 Å². The van der Waals surface area contributed by atoms with Gasteiger partial charge in [0.1, 0.15) is 6.10 Å². The minimum Gasteiger partial charge on any atom is -0.473 e. The highest BCUT2D eigenvalue weighted by molar-refractivity contribution is 5.97. The third-order valence-electron chi connectivity index (χ3n) is 2.28. The first kappa shape index (κ1) is 14.2. The van der Waals surface area contributed by atoms with Crippen LogP contribution in [0.3, 0.4) is 0 Å². The number of rotatable bonds is 5. The largest absolute Gasteiger partial charge is 0.473 e. The molecule has 100 valence electrons. The van der Waals surface area contributed by atoms with E-state index in [9.17, 15) is 0 Å². The van der Waals surface area contributed by atoms with Crippen molar-refractivity contribution >= 4 is 5.84 Å². The van der Waals surface area contributed by atoms with Gasteiger partial charge in [0.25, 0.3) is 0 Å². The van der Waals surface area contributed by atoms with Gasteiger partial charge >= 0.3 is 0 Å². The lowest BCUT2D eigenvalue weighted by Crippen LogP contribution is -2.28. The van der Waals surface area contributed by atoms with E-state index in [-0.39, 0.29) is 11.9 Å². The van der Waals surface area contributed by atoms with E-state index in [0.29, 0.717) is 11.4 Å². The summed E-state index contributed by atoms with van der Waals surface area (Å²) in [6, 6.07) is 3.40. The lowest BCUT2D eigenvalue weighted by Gasteiger charge is -2.18.